The topological polar surface area (TPSA) is 68.9 Å². The van der Waals surface area contributed by atoms with Crippen LogP contribution in [0.1, 0.15) is 32.9 Å². The molecule has 0 aliphatic carbocycles. The monoisotopic (exact) mass is 358 g/mol. The maximum absolute atomic E-state index is 12.4. The van der Waals surface area contributed by atoms with Crippen molar-refractivity contribution in [1.29, 1.82) is 0 Å². The molecule has 0 saturated heterocycles. The van der Waals surface area contributed by atoms with Gasteiger partial charge in [-0.3, -0.25) is 13.9 Å². The summed E-state index contributed by atoms with van der Waals surface area (Å²) >= 11 is 1.42. The highest BCUT2D eigenvalue weighted by Gasteiger charge is 2.18. The second-order valence-electron chi connectivity index (χ2n) is 7.07. The third-order valence-corrected chi connectivity index (χ3v) is 4.89. The average Bonchev–Trinajstić information content (AvgIpc) is 3.11. The van der Waals surface area contributed by atoms with Crippen molar-refractivity contribution in [3.63, 3.8) is 0 Å². The third kappa shape index (κ3) is 3.51. The molecule has 0 bridgehead atoms. The largest absolute Gasteiger partial charge is 0.328 e. The Labute approximate surface area is 150 Å². The summed E-state index contributed by atoms with van der Waals surface area (Å²) in [5, 5.41) is 5.39. The lowest BCUT2D eigenvalue weighted by Crippen LogP contribution is -2.24. The number of nitrogens with zero attached hydrogens (tertiary/aromatic N) is 3. The average molecular weight is 358 g/mol. The maximum Gasteiger partial charge on any atom is 0.328 e. The Hall–Kier alpha value is -2.41. The van der Waals surface area contributed by atoms with E-state index >= 15 is 0 Å². The van der Waals surface area contributed by atoms with Gasteiger partial charge >= 0.3 is 5.69 Å². The summed E-state index contributed by atoms with van der Waals surface area (Å²) in [6.07, 6.45) is 0.221. The molecule has 0 unspecified atom stereocenters. The second-order valence-corrected chi connectivity index (χ2v) is 7.93. The number of rotatable bonds is 4. The van der Waals surface area contributed by atoms with Crippen LogP contribution in [0.25, 0.3) is 11.0 Å². The summed E-state index contributed by atoms with van der Waals surface area (Å²) in [5.41, 5.74) is 2.50. The van der Waals surface area contributed by atoms with Crippen LogP contribution in [0.5, 0.6) is 0 Å². The molecule has 0 spiro atoms. The number of carbonyl (C=O) groups is 1. The fourth-order valence-corrected chi connectivity index (χ4v) is 3.60. The highest BCUT2D eigenvalue weighted by atomic mass is 32.1. The van der Waals surface area contributed by atoms with E-state index in [1.54, 1.807) is 16.2 Å². The fourth-order valence-electron chi connectivity index (χ4n) is 2.65. The quantitative estimate of drug-likeness (QED) is 0.779. The molecule has 0 atom stereocenters. The molecule has 0 aliphatic rings. The van der Waals surface area contributed by atoms with Crippen LogP contribution in [-0.2, 0) is 23.8 Å². The van der Waals surface area contributed by atoms with E-state index in [9.17, 15) is 9.59 Å². The summed E-state index contributed by atoms with van der Waals surface area (Å²) in [4.78, 5) is 29.1. The third-order valence-electron chi connectivity index (χ3n) is 4.13. The van der Waals surface area contributed by atoms with E-state index in [-0.39, 0.29) is 23.4 Å². The highest BCUT2D eigenvalue weighted by molar-refractivity contribution is 7.13. The van der Waals surface area contributed by atoms with Crippen LogP contribution in [-0.4, -0.2) is 20.0 Å². The van der Waals surface area contributed by atoms with Gasteiger partial charge in [-0.15, -0.1) is 11.3 Å². The van der Waals surface area contributed by atoms with Crippen LogP contribution in [0.3, 0.4) is 0 Å². The van der Waals surface area contributed by atoms with Gasteiger partial charge in [-0.25, -0.2) is 9.78 Å². The normalized spacial score (nSPS) is 11.8. The number of fused-ring (bicyclic) bond motifs is 1. The molecule has 1 N–H and O–H groups in total. The number of nitrogens with one attached hydrogen (secondary N) is 1. The Morgan fingerprint density at radius 3 is 2.56 bits per heavy atom. The Bertz CT molecular complexity index is 975. The first kappa shape index (κ1) is 17.4. The van der Waals surface area contributed by atoms with Gasteiger partial charge in [-0.1, -0.05) is 32.9 Å². The molecule has 6 nitrogen and oxygen atoms in total. The van der Waals surface area contributed by atoms with Crippen LogP contribution in [0.4, 0.5) is 5.13 Å². The van der Waals surface area contributed by atoms with Gasteiger partial charge in [0.15, 0.2) is 5.13 Å². The van der Waals surface area contributed by atoms with E-state index in [4.69, 9.17) is 0 Å². The van der Waals surface area contributed by atoms with Gasteiger partial charge in [0.25, 0.3) is 0 Å². The summed E-state index contributed by atoms with van der Waals surface area (Å²) in [5.74, 6) is -0.144. The molecule has 3 rings (SSSR count). The lowest BCUT2D eigenvalue weighted by atomic mass is 9.93. The fraction of sp³-hybridized carbons (Fsp3) is 0.389. The number of benzene rings is 1. The van der Waals surface area contributed by atoms with Gasteiger partial charge in [0.05, 0.1) is 16.7 Å². The number of imidazole rings is 1. The Morgan fingerprint density at radius 2 is 1.92 bits per heavy atom. The smallest absolute Gasteiger partial charge is 0.302 e. The van der Waals surface area contributed by atoms with E-state index < -0.39 is 0 Å². The van der Waals surface area contributed by atoms with E-state index in [2.05, 4.69) is 31.1 Å². The first-order valence-electron chi connectivity index (χ1n) is 8.17. The number of hydrogen-bond acceptors (Lipinski definition) is 4. The molecule has 3 aromatic rings. The number of amides is 1. The van der Waals surface area contributed by atoms with Crippen molar-refractivity contribution in [3.8, 4) is 0 Å². The van der Waals surface area contributed by atoms with Crippen LogP contribution < -0.4 is 11.0 Å². The molecule has 0 radical (unpaired) electrons. The van der Waals surface area contributed by atoms with Crippen molar-refractivity contribution in [2.45, 2.75) is 39.2 Å². The number of para-hydroxylation sites is 2. The van der Waals surface area contributed by atoms with Gasteiger partial charge in [-0.05, 0) is 12.1 Å². The zero-order valence-corrected chi connectivity index (χ0v) is 15.7. The predicted octanol–water partition coefficient (Wildman–Crippen LogP) is 3.12. The van der Waals surface area contributed by atoms with Gasteiger partial charge in [0.2, 0.25) is 5.91 Å². The number of anilines is 1. The minimum Gasteiger partial charge on any atom is -0.302 e. The standard InChI is InChI=1S/C18H22N4O2S/c1-18(2,3)14-11-25-16(19-14)20-15(23)9-10-22-13-8-6-5-7-12(13)21(4)17(22)24/h5-8,11H,9-10H2,1-4H3,(H,19,20,23). The van der Waals surface area contributed by atoms with Crippen molar-refractivity contribution in [2.24, 2.45) is 7.05 Å². The molecule has 1 amide bonds. The minimum atomic E-state index is -0.144. The van der Waals surface area contributed by atoms with Crippen LogP contribution in [0.2, 0.25) is 0 Å². The van der Waals surface area contributed by atoms with E-state index in [1.165, 1.54) is 11.3 Å². The Kier molecular flexibility index (Phi) is 4.51. The van der Waals surface area contributed by atoms with Crippen LogP contribution in [0, 0.1) is 0 Å². The van der Waals surface area contributed by atoms with Gasteiger partial charge in [-0.2, -0.15) is 0 Å². The molecule has 132 valence electrons. The summed E-state index contributed by atoms with van der Waals surface area (Å²) in [6, 6.07) is 7.58. The molecule has 25 heavy (non-hydrogen) atoms. The van der Waals surface area contributed by atoms with Crippen molar-refractivity contribution >= 4 is 33.4 Å². The zero-order valence-electron chi connectivity index (χ0n) is 14.9. The maximum atomic E-state index is 12.4. The summed E-state index contributed by atoms with van der Waals surface area (Å²) in [7, 11) is 1.74. The highest BCUT2D eigenvalue weighted by Crippen LogP contribution is 2.26. The van der Waals surface area contributed by atoms with Gasteiger partial charge in [0.1, 0.15) is 0 Å². The number of hydrogen-bond donors (Lipinski definition) is 1. The van der Waals surface area contributed by atoms with Crippen LogP contribution in [0.15, 0.2) is 34.4 Å². The first-order valence-corrected chi connectivity index (χ1v) is 9.05. The summed E-state index contributed by atoms with van der Waals surface area (Å²) < 4.78 is 3.24. The van der Waals surface area contributed by atoms with Crippen molar-refractivity contribution in [1.82, 2.24) is 14.1 Å². The van der Waals surface area contributed by atoms with Gasteiger partial charge in [0, 0.05) is 30.8 Å². The number of carbonyl (C=O) groups excluding carboxylic acids is 1. The number of aromatic nitrogens is 3. The van der Waals surface area contributed by atoms with Crippen molar-refractivity contribution in [2.75, 3.05) is 5.32 Å². The Morgan fingerprint density at radius 1 is 1.24 bits per heavy atom. The molecular weight excluding hydrogens is 336 g/mol. The molecule has 0 aliphatic heterocycles. The van der Waals surface area contributed by atoms with Crippen molar-refractivity contribution in [3.05, 3.63) is 45.8 Å². The van der Waals surface area contributed by atoms with Crippen molar-refractivity contribution < 1.29 is 4.79 Å². The first-order chi connectivity index (χ1) is 11.8. The molecule has 7 heteroatoms. The number of aryl methyl sites for hydroxylation is 2. The number of thiazole rings is 1. The van der Waals surface area contributed by atoms with E-state index in [0.29, 0.717) is 11.7 Å². The zero-order chi connectivity index (χ0) is 18.2. The molecule has 1 aromatic carbocycles. The molecular formula is C18H22N4O2S. The van der Waals surface area contributed by atoms with E-state index in [0.717, 1.165) is 16.7 Å². The van der Waals surface area contributed by atoms with Crippen LogP contribution >= 0.6 is 11.3 Å². The Balaban J connectivity index is 1.70. The second kappa shape index (κ2) is 6.48. The molecule has 2 heterocycles. The lowest BCUT2D eigenvalue weighted by molar-refractivity contribution is -0.116. The minimum absolute atomic E-state index is 0.0459. The molecule has 0 saturated carbocycles. The molecule has 2 aromatic heterocycles. The van der Waals surface area contributed by atoms with Gasteiger partial charge < -0.3 is 5.32 Å². The summed E-state index contributed by atoms with van der Waals surface area (Å²) in [6.45, 7) is 6.59. The van der Waals surface area contributed by atoms with E-state index in [1.807, 2.05) is 29.6 Å². The molecule has 0 fully saturated rings. The SMILES string of the molecule is Cn1c(=O)n(CCC(=O)Nc2nc(C(C)(C)C)cs2)c2ccccc21. The predicted molar refractivity (Wildman–Crippen MR) is 101 cm³/mol. The lowest BCUT2D eigenvalue weighted by Gasteiger charge is -2.14.